The van der Waals surface area contributed by atoms with Crippen LogP contribution in [0.2, 0.25) is 0 Å². The molecule has 10 heavy (non-hydrogen) atoms. The zero-order valence-electron chi connectivity index (χ0n) is 7.64. The van der Waals surface area contributed by atoms with Gasteiger partial charge < -0.3 is 0 Å². The first-order valence-corrected chi connectivity index (χ1v) is 4.72. The highest BCUT2D eigenvalue weighted by molar-refractivity contribution is 8.00. The number of thioether (sulfide) groups is 1. The molecule has 0 aromatic carbocycles. The fraction of sp³-hybridized carbons (Fsp3) is 1.00. The van der Waals surface area contributed by atoms with Crippen LogP contribution in [-0.4, -0.2) is 10.6 Å². The van der Waals surface area contributed by atoms with Crippen LogP contribution in [0.3, 0.4) is 0 Å². The summed E-state index contributed by atoms with van der Waals surface area (Å²) in [5.41, 5.74) is 2.66. The molecule has 0 amide bonds. The average molecular weight is 164 g/mol. The van der Waals surface area contributed by atoms with Crippen LogP contribution in [-0.2, 0) is 0 Å². The maximum Gasteiger partial charge on any atom is 0.0638 e. The molecule has 0 saturated carbocycles. The molecule has 0 aliphatic carbocycles. The van der Waals surface area contributed by atoms with E-state index in [4.69, 9.17) is 5.84 Å². The van der Waals surface area contributed by atoms with Crippen molar-refractivity contribution < 1.29 is 0 Å². The van der Waals surface area contributed by atoms with E-state index in [2.05, 4.69) is 19.3 Å². The molecule has 64 valence electrons. The Labute approximate surface area is 68.9 Å². The number of nitrogens with two attached hydrogens (primary N) is 1. The third-order valence-electron chi connectivity index (χ3n) is 0.711. The van der Waals surface area contributed by atoms with E-state index < -0.39 is 0 Å². The summed E-state index contributed by atoms with van der Waals surface area (Å²) in [7, 11) is 0. The Kier molecular flexibility index (Phi) is 12.0. The third-order valence-corrected chi connectivity index (χ3v) is 1.80. The van der Waals surface area contributed by atoms with Crippen molar-refractivity contribution >= 4 is 11.8 Å². The lowest BCUT2D eigenvalue weighted by atomic mass is 10.6. The Morgan fingerprint density at radius 1 is 1.20 bits per heavy atom. The van der Waals surface area contributed by atoms with E-state index in [1.165, 1.54) is 0 Å². The van der Waals surface area contributed by atoms with Crippen LogP contribution < -0.4 is 11.3 Å². The highest BCUT2D eigenvalue weighted by Crippen LogP contribution is 2.12. The Bertz CT molecular complexity index is 57.6. The molecule has 3 heteroatoms. The van der Waals surface area contributed by atoms with E-state index >= 15 is 0 Å². The predicted molar refractivity (Wildman–Crippen MR) is 50.9 cm³/mol. The van der Waals surface area contributed by atoms with E-state index in [0.29, 0.717) is 10.6 Å². The number of rotatable bonds is 3. The second kappa shape index (κ2) is 9.27. The van der Waals surface area contributed by atoms with Gasteiger partial charge in [0.25, 0.3) is 0 Å². The van der Waals surface area contributed by atoms with E-state index in [0.717, 1.165) is 0 Å². The standard InChI is InChI=1S/C5H14N2S.C2H6/c1-4(2)8-5(3)7-6;1-2/h4-5,7H,6H2,1-3H3;1-2H3. The number of hydrogen-bond donors (Lipinski definition) is 2. The first kappa shape index (κ1) is 12.9. The summed E-state index contributed by atoms with van der Waals surface area (Å²) in [6.07, 6.45) is 0. The predicted octanol–water partition coefficient (Wildman–Crippen LogP) is 1.96. The zero-order valence-corrected chi connectivity index (χ0v) is 8.46. The Morgan fingerprint density at radius 3 is 1.70 bits per heavy atom. The lowest BCUT2D eigenvalue weighted by Gasteiger charge is -2.10. The van der Waals surface area contributed by atoms with E-state index in [1.54, 1.807) is 0 Å². The summed E-state index contributed by atoms with van der Waals surface area (Å²) in [4.78, 5) is 0. The van der Waals surface area contributed by atoms with Crippen molar-refractivity contribution in [2.75, 3.05) is 0 Å². The normalized spacial score (nSPS) is 12.3. The van der Waals surface area contributed by atoms with Crippen LogP contribution in [0.15, 0.2) is 0 Å². The first-order chi connectivity index (χ1) is 4.66. The summed E-state index contributed by atoms with van der Waals surface area (Å²) in [5.74, 6) is 5.15. The maximum atomic E-state index is 5.15. The Morgan fingerprint density at radius 2 is 1.60 bits per heavy atom. The minimum absolute atomic E-state index is 0.370. The second-order valence-corrected chi connectivity index (χ2v) is 3.92. The van der Waals surface area contributed by atoms with Crippen LogP contribution in [0.4, 0.5) is 0 Å². The van der Waals surface area contributed by atoms with Crippen LogP contribution in [0.1, 0.15) is 34.6 Å². The molecule has 0 saturated heterocycles. The summed E-state index contributed by atoms with van der Waals surface area (Å²) in [5, 5.41) is 1.02. The fourth-order valence-electron chi connectivity index (χ4n) is 0.448. The zero-order chi connectivity index (χ0) is 8.57. The fourth-order valence-corrected chi connectivity index (χ4v) is 1.34. The summed E-state index contributed by atoms with van der Waals surface area (Å²) in [6, 6.07) is 0. The molecule has 3 N–H and O–H groups in total. The first-order valence-electron chi connectivity index (χ1n) is 3.78. The Hall–Kier alpha value is 0.270. The van der Waals surface area contributed by atoms with Gasteiger partial charge >= 0.3 is 0 Å². The van der Waals surface area contributed by atoms with Crippen molar-refractivity contribution in [3.05, 3.63) is 0 Å². The van der Waals surface area contributed by atoms with Gasteiger partial charge in [-0.3, -0.25) is 5.84 Å². The van der Waals surface area contributed by atoms with Gasteiger partial charge in [0.15, 0.2) is 0 Å². The van der Waals surface area contributed by atoms with Crippen molar-refractivity contribution in [1.29, 1.82) is 0 Å². The smallest absolute Gasteiger partial charge is 0.0638 e. The highest BCUT2D eigenvalue weighted by Gasteiger charge is 1.99. The van der Waals surface area contributed by atoms with Crippen molar-refractivity contribution in [2.24, 2.45) is 5.84 Å². The molecule has 0 aliphatic heterocycles. The van der Waals surface area contributed by atoms with Gasteiger partial charge in [-0.2, -0.15) is 0 Å². The van der Waals surface area contributed by atoms with Crippen molar-refractivity contribution in [3.8, 4) is 0 Å². The topological polar surface area (TPSA) is 38.0 Å². The molecule has 2 nitrogen and oxygen atoms in total. The average Bonchev–Trinajstić information content (AvgIpc) is 1.91. The molecule has 0 spiro atoms. The molecule has 0 aromatic heterocycles. The minimum Gasteiger partial charge on any atom is -0.270 e. The lowest BCUT2D eigenvalue weighted by molar-refractivity contribution is 0.730. The lowest BCUT2D eigenvalue weighted by Crippen LogP contribution is -2.30. The molecule has 0 aromatic rings. The van der Waals surface area contributed by atoms with Crippen molar-refractivity contribution in [2.45, 2.75) is 45.2 Å². The van der Waals surface area contributed by atoms with Gasteiger partial charge in [-0.1, -0.05) is 27.7 Å². The van der Waals surface area contributed by atoms with Crippen LogP contribution >= 0.6 is 11.8 Å². The SMILES string of the molecule is CC.CC(C)SC(C)NN. The van der Waals surface area contributed by atoms with Crippen LogP contribution in [0, 0.1) is 0 Å². The van der Waals surface area contributed by atoms with Gasteiger partial charge in [0.1, 0.15) is 0 Å². The van der Waals surface area contributed by atoms with Gasteiger partial charge in [-0.15, -0.1) is 11.8 Å². The second-order valence-electron chi connectivity index (χ2n) is 1.99. The van der Waals surface area contributed by atoms with E-state index in [1.807, 2.05) is 32.5 Å². The van der Waals surface area contributed by atoms with Gasteiger partial charge in [0.05, 0.1) is 5.37 Å². The Balaban J connectivity index is 0. The third kappa shape index (κ3) is 11.1. The van der Waals surface area contributed by atoms with Crippen LogP contribution in [0.25, 0.3) is 0 Å². The maximum absolute atomic E-state index is 5.15. The molecule has 0 bridgehead atoms. The van der Waals surface area contributed by atoms with E-state index in [9.17, 15) is 0 Å². The highest BCUT2D eigenvalue weighted by atomic mass is 32.2. The van der Waals surface area contributed by atoms with Gasteiger partial charge in [-0.05, 0) is 6.92 Å². The largest absolute Gasteiger partial charge is 0.270 e. The van der Waals surface area contributed by atoms with E-state index in [-0.39, 0.29) is 0 Å². The minimum atomic E-state index is 0.370. The monoisotopic (exact) mass is 164 g/mol. The molecule has 0 aliphatic rings. The number of hydrogen-bond acceptors (Lipinski definition) is 3. The molecule has 0 radical (unpaired) electrons. The van der Waals surface area contributed by atoms with Gasteiger partial charge in [0.2, 0.25) is 0 Å². The molecule has 0 rings (SSSR count). The summed E-state index contributed by atoms with van der Waals surface area (Å²) in [6.45, 7) is 10.3. The molecule has 0 heterocycles. The van der Waals surface area contributed by atoms with Crippen LogP contribution in [0.5, 0.6) is 0 Å². The molecule has 1 unspecified atom stereocenters. The summed E-state index contributed by atoms with van der Waals surface area (Å²) >= 11 is 1.82. The van der Waals surface area contributed by atoms with Crippen molar-refractivity contribution in [3.63, 3.8) is 0 Å². The summed E-state index contributed by atoms with van der Waals surface area (Å²) < 4.78 is 0. The van der Waals surface area contributed by atoms with Gasteiger partial charge in [0, 0.05) is 5.25 Å². The van der Waals surface area contributed by atoms with Crippen molar-refractivity contribution in [1.82, 2.24) is 5.43 Å². The van der Waals surface area contributed by atoms with Gasteiger partial charge in [-0.25, -0.2) is 5.43 Å². The number of nitrogens with one attached hydrogen (secondary N) is 1. The quantitative estimate of drug-likeness (QED) is 0.380. The number of hydrazine groups is 1. The molecule has 0 fully saturated rings. The molecular formula is C7H20N2S. The molecule has 1 atom stereocenters. The molecular weight excluding hydrogens is 144 g/mol.